The van der Waals surface area contributed by atoms with E-state index in [-0.39, 0.29) is 16.1 Å². The third kappa shape index (κ3) is 3.69. The van der Waals surface area contributed by atoms with Crippen molar-refractivity contribution >= 4 is 46.1 Å². The number of aryl methyl sites for hydroxylation is 1. The summed E-state index contributed by atoms with van der Waals surface area (Å²) in [6, 6.07) is 8.99. The van der Waals surface area contributed by atoms with Crippen LogP contribution in [0.1, 0.15) is 15.4 Å². The van der Waals surface area contributed by atoms with Crippen molar-refractivity contribution in [3.05, 3.63) is 62.7 Å². The van der Waals surface area contributed by atoms with E-state index in [2.05, 4.69) is 15.3 Å². The van der Waals surface area contributed by atoms with Gasteiger partial charge in [-0.1, -0.05) is 35.3 Å². The fourth-order valence-electron chi connectivity index (χ4n) is 2.00. The second kappa shape index (κ2) is 6.66. The lowest BCUT2D eigenvalue weighted by Gasteiger charge is -2.07. The van der Waals surface area contributed by atoms with Gasteiger partial charge in [-0.2, -0.15) is 0 Å². The number of benzene rings is 1. The Balaban J connectivity index is 1.82. The van der Waals surface area contributed by atoms with Crippen LogP contribution in [0, 0.1) is 6.92 Å². The highest BCUT2D eigenvalue weighted by Gasteiger charge is 2.10. The highest BCUT2D eigenvalue weighted by atomic mass is 35.5. The first kappa shape index (κ1) is 15.9. The molecular weight excluding hydrogens is 353 g/mol. The van der Waals surface area contributed by atoms with Crippen molar-refractivity contribution in [2.75, 3.05) is 5.32 Å². The Morgan fingerprint density at radius 2 is 2.09 bits per heavy atom. The van der Waals surface area contributed by atoms with Gasteiger partial charge in [0, 0.05) is 22.8 Å². The number of carbonyl (C=O) groups excluding carboxylic acids is 1. The van der Waals surface area contributed by atoms with Gasteiger partial charge in [0.2, 0.25) is 0 Å². The van der Waals surface area contributed by atoms with Gasteiger partial charge in [0.15, 0.2) is 0 Å². The molecule has 0 radical (unpaired) electrons. The first-order valence-electron chi connectivity index (χ1n) is 6.68. The van der Waals surface area contributed by atoms with E-state index in [4.69, 9.17) is 23.2 Å². The number of anilines is 1. The number of hydrogen-bond donors (Lipinski definition) is 1. The number of pyridine rings is 1. The average Bonchev–Trinajstić information content (AvgIpc) is 2.97. The summed E-state index contributed by atoms with van der Waals surface area (Å²) in [5.74, 6) is -0.303. The van der Waals surface area contributed by atoms with Crippen LogP contribution < -0.4 is 5.32 Å². The molecule has 2 heterocycles. The zero-order valence-electron chi connectivity index (χ0n) is 12.0. The molecule has 0 aliphatic carbocycles. The van der Waals surface area contributed by atoms with Crippen molar-refractivity contribution in [2.45, 2.75) is 6.92 Å². The van der Waals surface area contributed by atoms with Crippen molar-refractivity contribution in [3.63, 3.8) is 0 Å². The number of aromatic nitrogens is 2. The highest BCUT2D eigenvalue weighted by molar-refractivity contribution is 7.09. The molecule has 3 rings (SSSR count). The van der Waals surface area contributed by atoms with Gasteiger partial charge in [-0.05, 0) is 25.1 Å². The molecule has 0 unspecified atom stereocenters. The van der Waals surface area contributed by atoms with Crippen molar-refractivity contribution in [1.82, 2.24) is 9.97 Å². The Labute approximate surface area is 147 Å². The summed E-state index contributed by atoms with van der Waals surface area (Å²) in [5, 5.41) is 6.21. The largest absolute Gasteiger partial charge is 0.322 e. The fraction of sp³-hybridized carbons (Fsp3) is 0.0625. The number of nitrogens with zero attached hydrogens (tertiary/aromatic N) is 2. The van der Waals surface area contributed by atoms with E-state index < -0.39 is 0 Å². The Hall–Kier alpha value is -1.95. The lowest BCUT2D eigenvalue weighted by Crippen LogP contribution is -2.12. The van der Waals surface area contributed by atoms with E-state index in [1.165, 1.54) is 12.3 Å². The number of hydrogen-bond acceptors (Lipinski definition) is 4. The molecule has 1 N–H and O–H groups in total. The number of carbonyl (C=O) groups is 1. The molecule has 1 aromatic carbocycles. The minimum atomic E-state index is -0.303. The Kier molecular flexibility index (Phi) is 4.61. The van der Waals surface area contributed by atoms with Crippen LogP contribution in [0.4, 0.5) is 5.69 Å². The molecular formula is C16H11Cl2N3OS. The lowest BCUT2D eigenvalue weighted by atomic mass is 10.1. The van der Waals surface area contributed by atoms with Crippen LogP contribution in [-0.4, -0.2) is 15.9 Å². The highest BCUT2D eigenvalue weighted by Crippen LogP contribution is 2.25. The third-order valence-electron chi connectivity index (χ3n) is 3.09. The van der Waals surface area contributed by atoms with Crippen molar-refractivity contribution in [1.29, 1.82) is 0 Å². The van der Waals surface area contributed by atoms with Crippen molar-refractivity contribution in [3.8, 4) is 11.3 Å². The summed E-state index contributed by atoms with van der Waals surface area (Å²) in [6.45, 7) is 1.96. The summed E-state index contributed by atoms with van der Waals surface area (Å²) in [5.41, 5.74) is 2.85. The summed E-state index contributed by atoms with van der Waals surface area (Å²) in [4.78, 5) is 20.6. The van der Waals surface area contributed by atoms with Gasteiger partial charge in [-0.3, -0.25) is 4.79 Å². The maximum absolute atomic E-state index is 12.3. The first-order chi connectivity index (χ1) is 11.0. The SMILES string of the molecule is Cc1nc(-c2cccc(NC(=O)c3cnc(Cl)c(Cl)c3)c2)cs1. The first-order valence-corrected chi connectivity index (χ1v) is 8.31. The van der Waals surface area contributed by atoms with E-state index in [1.54, 1.807) is 11.3 Å². The van der Waals surface area contributed by atoms with E-state index in [1.807, 2.05) is 36.6 Å². The van der Waals surface area contributed by atoms with Crippen LogP contribution in [0.25, 0.3) is 11.3 Å². The second-order valence-corrected chi connectivity index (χ2v) is 6.61. The summed E-state index contributed by atoms with van der Waals surface area (Å²) < 4.78 is 0. The fourth-order valence-corrected chi connectivity index (χ4v) is 2.89. The van der Waals surface area contributed by atoms with Crippen molar-refractivity contribution < 1.29 is 4.79 Å². The summed E-state index contributed by atoms with van der Waals surface area (Å²) >= 11 is 13.2. The average molecular weight is 364 g/mol. The molecule has 2 aromatic heterocycles. The number of thiazole rings is 1. The molecule has 7 heteroatoms. The number of halogens is 2. The van der Waals surface area contributed by atoms with Crippen LogP contribution in [0.5, 0.6) is 0 Å². The molecule has 116 valence electrons. The zero-order valence-corrected chi connectivity index (χ0v) is 14.3. The Bertz CT molecular complexity index is 879. The quantitative estimate of drug-likeness (QED) is 0.660. The predicted octanol–water partition coefficient (Wildman–Crippen LogP) is 5.07. The van der Waals surface area contributed by atoms with Gasteiger partial charge in [-0.25, -0.2) is 9.97 Å². The molecule has 0 spiro atoms. The van der Waals surface area contributed by atoms with Crippen LogP contribution in [0.3, 0.4) is 0 Å². The molecule has 1 amide bonds. The van der Waals surface area contributed by atoms with Gasteiger partial charge in [0.1, 0.15) is 5.15 Å². The molecule has 0 aliphatic heterocycles. The molecule has 0 bridgehead atoms. The summed E-state index contributed by atoms with van der Waals surface area (Å²) in [7, 11) is 0. The lowest BCUT2D eigenvalue weighted by molar-refractivity contribution is 0.102. The van der Waals surface area contributed by atoms with Crippen LogP contribution in [0.15, 0.2) is 41.9 Å². The molecule has 0 saturated carbocycles. The monoisotopic (exact) mass is 363 g/mol. The van der Waals surface area contributed by atoms with E-state index >= 15 is 0 Å². The topological polar surface area (TPSA) is 54.9 Å². The molecule has 23 heavy (non-hydrogen) atoms. The molecule has 0 atom stereocenters. The van der Waals surface area contributed by atoms with Gasteiger partial charge >= 0.3 is 0 Å². The van der Waals surface area contributed by atoms with E-state index in [0.29, 0.717) is 11.3 Å². The second-order valence-electron chi connectivity index (χ2n) is 4.78. The van der Waals surface area contributed by atoms with Gasteiger partial charge in [0.25, 0.3) is 5.91 Å². The normalized spacial score (nSPS) is 10.6. The zero-order chi connectivity index (χ0) is 16.4. The molecule has 0 fully saturated rings. The van der Waals surface area contributed by atoms with Crippen molar-refractivity contribution in [2.24, 2.45) is 0 Å². The minimum Gasteiger partial charge on any atom is -0.322 e. The number of nitrogens with one attached hydrogen (secondary N) is 1. The van der Waals surface area contributed by atoms with E-state index in [9.17, 15) is 4.79 Å². The predicted molar refractivity (Wildman–Crippen MR) is 94.5 cm³/mol. The Morgan fingerprint density at radius 1 is 1.26 bits per heavy atom. The van der Waals surface area contributed by atoms with E-state index in [0.717, 1.165) is 16.3 Å². The van der Waals surface area contributed by atoms with Crippen LogP contribution in [-0.2, 0) is 0 Å². The third-order valence-corrected chi connectivity index (χ3v) is 4.55. The van der Waals surface area contributed by atoms with Crippen LogP contribution in [0.2, 0.25) is 10.2 Å². The number of amides is 1. The Morgan fingerprint density at radius 3 is 2.78 bits per heavy atom. The smallest absolute Gasteiger partial charge is 0.257 e. The standard InChI is InChI=1S/C16H11Cl2N3OS/c1-9-20-14(8-23-9)10-3-2-4-12(5-10)21-16(22)11-6-13(17)15(18)19-7-11/h2-8H,1H3,(H,21,22). The number of rotatable bonds is 3. The maximum Gasteiger partial charge on any atom is 0.257 e. The maximum atomic E-state index is 12.3. The van der Waals surface area contributed by atoms with Crippen LogP contribution >= 0.6 is 34.5 Å². The molecule has 4 nitrogen and oxygen atoms in total. The van der Waals surface area contributed by atoms with Gasteiger partial charge in [-0.15, -0.1) is 11.3 Å². The van der Waals surface area contributed by atoms with Gasteiger partial charge in [0.05, 0.1) is 21.3 Å². The van der Waals surface area contributed by atoms with Gasteiger partial charge < -0.3 is 5.32 Å². The summed E-state index contributed by atoms with van der Waals surface area (Å²) in [6.07, 6.45) is 1.39. The minimum absolute atomic E-state index is 0.170. The molecule has 0 saturated heterocycles. The molecule has 3 aromatic rings. The molecule has 0 aliphatic rings.